The van der Waals surface area contributed by atoms with Gasteiger partial charge in [0.15, 0.2) is 0 Å². The Bertz CT molecular complexity index is 310. The van der Waals surface area contributed by atoms with E-state index in [1.54, 1.807) is 0 Å². The van der Waals surface area contributed by atoms with Gasteiger partial charge >= 0.3 is 0 Å². The van der Waals surface area contributed by atoms with E-state index in [1.807, 2.05) is 0 Å². The summed E-state index contributed by atoms with van der Waals surface area (Å²) in [5.41, 5.74) is 7.45. The van der Waals surface area contributed by atoms with E-state index >= 15 is 0 Å². The van der Waals surface area contributed by atoms with Crippen LogP contribution in [0.2, 0.25) is 0 Å². The molecule has 0 amide bonds. The van der Waals surface area contributed by atoms with Gasteiger partial charge in [-0.25, -0.2) is 0 Å². The van der Waals surface area contributed by atoms with Crippen molar-refractivity contribution in [1.82, 2.24) is 4.57 Å². The summed E-state index contributed by atoms with van der Waals surface area (Å²) in [6.07, 6.45) is 9.99. The number of hydrogen-bond donors (Lipinski definition) is 1. The Hall–Kier alpha value is -0.760. The maximum Gasteiger partial charge on any atom is 0.0250 e. The molecule has 0 spiro atoms. The monoisotopic (exact) mass is 220 g/mol. The van der Waals surface area contributed by atoms with Crippen LogP contribution >= 0.6 is 0 Å². The van der Waals surface area contributed by atoms with Gasteiger partial charge in [-0.15, -0.1) is 0 Å². The normalized spacial score (nSPS) is 19.1. The molecule has 90 valence electrons. The Morgan fingerprint density at radius 1 is 1.44 bits per heavy atom. The zero-order valence-electron chi connectivity index (χ0n) is 10.4. The molecule has 0 saturated heterocycles. The summed E-state index contributed by atoms with van der Waals surface area (Å²) in [5, 5.41) is 0. The third kappa shape index (κ3) is 2.88. The van der Waals surface area contributed by atoms with Gasteiger partial charge in [0.05, 0.1) is 0 Å². The van der Waals surface area contributed by atoms with Crippen molar-refractivity contribution < 1.29 is 0 Å². The third-order valence-electron chi connectivity index (χ3n) is 3.85. The fourth-order valence-electron chi connectivity index (χ4n) is 2.70. The predicted molar refractivity (Wildman–Crippen MR) is 68.4 cm³/mol. The molecule has 1 atom stereocenters. The summed E-state index contributed by atoms with van der Waals surface area (Å²) in [6, 6.07) is 4.70. The van der Waals surface area contributed by atoms with E-state index in [4.69, 9.17) is 5.73 Å². The highest BCUT2D eigenvalue weighted by Gasteiger charge is 2.16. The van der Waals surface area contributed by atoms with Crippen molar-refractivity contribution >= 4 is 0 Å². The van der Waals surface area contributed by atoms with Crippen LogP contribution in [0.15, 0.2) is 18.3 Å². The van der Waals surface area contributed by atoms with Crippen molar-refractivity contribution in [2.24, 2.45) is 11.7 Å². The second-order valence-corrected chi connectivity index (χ2v) is 5.17. The molecule has 2 heteroatoms. The molecule has 0 aliphatic heterocycles. The van der Waals surface area contributed by atoms with Crippen molar-refractivity contribution in [2.75, 3.05) is 0 Å². The molecule has 0 aromatic carbocycles. The summed E-state index contributed by atoms with van der Waals surface area (Å²) >= 11 is 0. The molecule has 1 aliphatic carbocycles. The van der Waals surface area contributed by atoms with Gasteiger partial charge in [0.25, 0.3) is 0 Å². The zero-order valence-corrected chi connectivity index (χ0v) is 10.4. The van der Waals surface area contributed by atoms with Crippen LogP contribution in [0.4, 0.5) is 0 Å². The summed E-state index contributed by atoms with van der Waals surface area (Å²) in [5.74, 6) is 0.906. The van der Waals surface area contributed by atoms with E-state index in [2.05, 4.69) is 29.8 Å². The SMILES string of the molecule is CCC(N)Cc1cccn1CC1CCCC1. The Morgan fingerprint density at radius 3 is 2.88 bits per heavy atom. The van der Waals surface area contributed by atoms with E-state index in [0.717, 1.165) is 18.8 Å². The lowest BCUT2D eigenvalue weighted by Crippen LogP contribution is -2.23. The summed E-state index contributed by atoms with van der Waals surface area (Å²) in [4.78, 5) is 0. The molecular weight excluding hydrogens is 196 g/mol. The quantitative estimate of drug-likeness (QED) is 0.812. The molecule has 1 saturated carbocycles. The van der Waals surface area contributed by atoms with Crippen LogP contribution in [-0.4, -0.2) is 10.6 Å². The molecule has 1 unspecified atom stereocenters. The highest BCUT2D eigenvalue weighted by atomic mass is 15.0. The number of rotatable bonds is 5. The van der Waals surface area contributed by atoms with Crippen molar-refractivity contribution in [2.45, 2.75) is 58.0 Å². The minimum atomic E-state index is 0.317. The van der Waals surface area contributed by atoms with Crippen molar-refractivity contribution in [1.29, 1.82) is 0 Å². The average Bonchev–Trinajstić information content (AvgIpc) is 2.92. The first-order chi connectivity index (χ1) is 7.79. The first-order valence-electron chi connectivity index (χ1n) is 6.69. The predicted octanol–water partition coefficient (Wildman–Crippen LogP) is 2.96. The van der Waals surface area contributed by atoms with Crippen LogP contribution in [-0.2, 0) is 13.0 Å². The van der Waals surface area contributed by atoms with Gasteiger partial charge in [0, 0.05) is 30.9 Å². The van der Waals surface area contributed by atoms with Gasteiger partial charge in [-0.3, -0.25) is 0 Å². The molecule has 16 heavy (non-hydrogen) atoms. The fourth-order valence-corrected chi connectivity index (χ4v) is 2.70. The standard InChI is InChI=1S/C14H24N2/c1-2-13(15)10-14-8-5-9-16(14)11-12-6-3-4-7-12/h5,8-9,12-13H,2-4,6-7,10-11,15H2,1H3. The summed E-state index contributed by atoms with van der Waals surface area (Å²) in [7, 11) is 0. The smallest absolute Gasteiger partial charge is 0.0250 e. The molecule has 1 aliphatic rings. The maximum atomic E-state index is 6.03. The molecule has 0 bridgehead atoms. The molecule has 1 fully saturated rings. The van der Waals surface area contributed by atoms with Crippen molar-refractivity contribution in [3.05, 3.63) is 24.0 Å². The van der Waals surface area contributed by atoms with E-state index in [0.29, 0.717) is 6.04 Å². The van der Waals surface area contributed by atoms with Crippen LogP contribution in [0.3, 0.4) is 0 Å². The number of hydrogen-bond acceptors (Lipinski definition) is 1. The average molecular weight is 220 g/mol. The number of nitrogens with zero attached hydrogens (tertiary/aromatic N) is 1. The lowest BCUT2D eigenvalue weighted by atomic mass is 10.1. The summed E-state index contributed by atoms with van der Waals surface area (Å²) < 4.78 is 2.42. The highest BCUT2D eigenvalue weighted by Crippen LogP contribution is 2.26. The van der Waals surface area contributed by atoms with E-state index < -0.39 is 0 Å². The maximum absolute atomic E-state index is 6.03. The van der Waals surface area contributed by atoms with Crippen LogP contribution in [0, 0.1) is 5.92 Å². The number of aromatic nitrogens is 1. The lowest BCUT2D eigenvalue weighted by molar-refractivity contribution is 0.445. The minimum absolute atomic E-state index is 0.317. The van der Waals surface area contributed by atoms with Crippen LogP contribution < -0.4 is 5.73 Å². The topological polar surface area (TPSA) is 30.9 Å². The van der Waals surface area contributed by atoms with E-state index in [-0.39, 0.29) is 0 Å². The third-order valence-corrected chi connectivity index (χ3v) is 3.85. The van der Waals surface area contributed by atoms with Crippen molar-refractivity contribution in [3.8, 4) is 0 Å². The Labute approximate surface area is 98.8 Å². The van der Waals surface area contributed by atoms with Crippen LogP contribution in [0.25, 0.3) is 0 Å². The summed E-state index contributed by atoms with van der Waals surface area (Å²) in [6.45, 7) is 3.37. The highest BCUT2D eigenvalue weighted by molar-refractivity contribution is 5.09. The van der Waals surface area contributed by atoms with Gasteiger partial charge in [0.1, 0.15) is 0 Å². The lowest BCUT2D eigenvalue weighted by Gasteiger charge is -2.16. The molecule has 1 heterocycles. The Morgan fingerprint density at radius 2 is 2.19 bits per heavy atom. The first kappa shape index (κ1) is 11.7. The second-order valence-electron chi connectivity index (χ2n) is 5.17. The fraction of sp³-hybridized carbons (Fsp3) is 0.714. The molecule has 2 N–H and O–H groups in total. The minimum Gasteiger partial charge on any atom is -0.351 e. The Kier molecular flexibility index (Phi) is 4.05. The van der Waals surface area contributed by atoms with Crippen LogP contribution in [0.1, 0.15) is 44.7 Å². The molecule has 2 rings (SSSR count). The first-order valence-corrected chi connectivity index (χ1v) is 6.69. The second kappa shape index (κ2) is 5.53. The van der Waals surface area contributed by atoms with E-state index in [9.17, 15) is 0 Å². The molecule has 2 nitrogen and oxygen atoms in total. The van der Waals surface area contributed by atoms with Gasteiger partial charge in [-0.05, 0) is 37.3 Å². The zero-order chi connectivity index (χ0) is 11.4. The van der Waals surface area contributed by atoms with Gasteiger partial charge in [0.2, 0.25) is 0 Å². The molecule has 1 aromatic heterocycles. The van der Waals surface area contributed by atoms with Crippen LogP contribution in [0.5, 0.6) is 0 Å². The van der Waals surface area contributed by atoms with Gasteiger partial charge in [-0.2, -0.15) is 0 Å². The molecule has 1 aromatic rings. The Balaban J connectivity index is 1.95. The van der Waals surface area contributed by atoms with Gasteiger partial charge in [-0.1, -0.05) is 19.8 Å². The molecule has 0 radical (unpaired) electrons. The van der Waals surface area contributed by atoms with Crippen molar-refractivity contribution in [3.63, 3.8) is 0 Å². The van der Waals surface area contributed by atoms with Gasteiger partial charge < -0.3 is 10.3 Å². The van der Waals surface area contributed by atoms with E-state index in [1.165, 1.54) is 37.9 Å². The molecular formula is C14H24N2. The number of nitrogens with two attached hydrogens (primary N) is 1. The largest absolute Gasteiger partial charge is 0.351 e.